The number of aliphatic carboxylic acids is 1. The van der Waals surface area contributed by atoms with Gasteiger partial charge in [0.2, 0.25) is 0 Å². The van der Waals surface area contributed by atoms with Crippen LogP contribution < -0.4 is 5.32 Å². The molecule has 2 N–H and O–H groups in total. The number of urea groups is 1. The zero-order valence-corrected chi connectivity index (χ0v) is 12.0. The molecule has 0 bridgehead atoms. The predicted molar refractivity (Wildman–Crippen MR) is 68.6 cm³/mol. The molecule has 0 heterocycles. The number of carboxylic acids is 1. The molecular formula is C12H22N2O5. The lowest BCUT2D eigenvalue weighted by Crippen LogP contribution is -2.50. The Balaban J connectivity index is 4.49. The molecule has 0 aromatic heterocycles. The number of rotatable bonds is 6. The lowest BCUT2D eigenvalue weighted by atomic mass is 10.1. The average Bonchev–Trinajstić information content (AvgIpc) is 2.33. The third kappa shape index (κ3) is 5.58. The smallest absolute Gasteiger partial charge is 0.326 e. The largest absolute Gasteiger partial charge is 0.480 e. The molecule has 110 valence electrons. The van der Waals surface area contributed by atoms with Crippen molar-refractivity contribution in [2.45, 2.75) is 26.8 Å². The van der Waals surface area contributed by atoms with E-state index in [1.807, 2.05) is 0 Å². The molecule has 0 rings (SSSR count). The second-order valence-corrected chi connectivity index (χ2v) is 4.81. The summed E-state index contributed by atoms with van der Waals surface area (Å²) in [6.07, 6.45) is 0. The molecule has 19 heavy (non-hydrogen) atoms. The summed E-state index contributed by atoms with van der Waals surface area (Å²) in [5.74, 6) is -2.20. The summed E-state index contributed by atoms with van der Waals surface area (Å²) in [6.45, 7) is 5.20. The van der Waals surface area contributed by atoms with E-state index in [0.717, 1.165) is 0 Å². The molecule has 0 radical (unpaired) electrons. The van der Waals surface area contributed by atoms with E-state index in [-0.39, 0.29) is 12.5 Å². The van der Waals surface area contributed by atoms with Crippen LogP contribution in [0.15, 0.2) is 0 Å². The van der Waals surface area contributed by atoms with Gasteiger partial charge in [-0.2, -0.15) is 0 Å². The molecule has 1 unspecified atom stereocenters. The van der Waals surface area contributed by atoms with E-state index in [9.17, 15) is 14.4 Å². The van der Waals surface area contributed by atoms with Crippen molar-refractivity contribution in [1.82, 2.24) is 10.2 Å². The number of methoxy groups -OCH3 is 1. The van der Waals surface area contributed by atoms with Crippen LogP contribution in [0.5, 0.6) is 0 Å². The Morgan fingerprint density at radius 2 is 1.79 bits per heavy atom. The molecule has 7 heteroatoms. The molecule has 0 fully saturated rings. The van der Waals surface area contributed by atoms with Gasteiger partial charge in [-0.05, 0) is 5.92 Å². The van der Waals surface area contributed by atoms with Gasteiger partial charge in [0.05, 0.1) is 13.0 Å². The maximum atomic E-state index is 11.8. The zero-order chi connectivity index (χ0) is 15.2. The highest BCUT2D eigenvalue weighted by atomic mass is 16.5. The first-order valence-corrected chi connectivity index (χ1v) is 6.03. The van der Waals surface area contributed by atoms with Gasteiger partial charge in [0.15, 0.2) is 0 Å². The van der Waals surface area contributed by atoms with E-state index >= 15 is 0 Å². The SMILES string of the molecule is COC(=O)C(C)CN(C)C(=O)N[C@H](C(=O)O)C(C)C. The van der Waals surface area contributed by atoms with Crippen molar-refractivity contribution < 1.29 is 24.2 Å². The summed E-state index contributed by atoms with van der Waals surface area (Å²) in [4.78, 5) is 35.3. The maximum Gasteiger partial charge on any atom is 0.326 e. The molecule has 2 atom stereocenters. The number of esters is 1. The van der Waals surface area contributed by atoms with Crippen LogP contribution in [0, 0.1) is 11.8 Å². The number of nitrogens with one attached hydrogen (secondary N) is 1. The lowest BCUT2D eigenvalue weighted by Gasteiger charge is -2.24. The van der Waals surface area contributed by atoms with Crippen LogP contribution in [0.1, 0.15) is 20.8 Å². The van der Waals surface area contributed by atoms with Gasteiger partial charge in [0.25, 0.3) is 0 Å². The lowest BCUT2D eigenvalue weighted by molar-refractivity contribution is -0.145. The second-order valence-electron chi connectivity index (χ2n) is 4.81. The van der Waals surface area contributed by atoms with Gasteiger partial charge in [0.1, 0.15) is 6.04 Å². The maximum absolute atomic E-state index is 11.8. The molecule has 0 aliphatic rings. The standard InChI is InChI=1S/C12H22N2O5/c1-7(2)9(10(15)16)13-12(18)14(4)6-8(3)11(17)19-5/h7-9H,6H2,1-5H3,(H,13,18)(H,15,16)/t8?,9-/m0/s1. The van der Waals surface area contributed by atoms with Crippen LogP contribution in [0.25, 0.3) is 0 Å². The van der Waals surface area contributed by atoms with Crippen molar-refractivity contribution in [3.63, 3.8) is 0 Å². The summed E-state index contributed by atoms with van der Waals surface area (Å²) in [7, 11) is 2.77. The Labute approximate surface area is 112 Å². The molecular weight excluding hydrogens is 252 g/mol. The van der Waals surface area contributed by atoms with Crippen molar-refractivity contribution in [2.24, 2.45) is 11.8 Å². The first kappa shape index (κ1) is 17.2. The number of nitrogens with zero attached hydrogens (tertiary/aromatic N) is 1. The van der Waals surface area contributed by atoms with Gasteiger partial charge < -0.3 is 20.1 Å². The summed E-state index contributed by atoms with van der Waals surface area (Å²) < 4.78 is 4.56. The summed E-state index contributed by atoms with van der Waals surface area (Å²) in [5.41, 5.74) is 0. The first-order chi connectivity index (χ1) is 8.70. The minimum Gasteiger partial charge on any atom is -0.480 e. The van der Waals surface area contributed by atoms with Crippen LogP contribution in [0.3, 0.4) is 0 Å². The zero-order valence-electron chi connectivity index (χ0n) is 12.0. The van der Waals surface area contributed by atoms with E-state index < -0.39 is 29.9 Å². The van der Waals surface area contributed by atoms with Crippen LogP contribution in [-0.4, -0.2) is 54.7 Å². The van der Waals surface area contributed by atoms with Crippen LogP contribution in [-0.2, 0) is 14.3 Å². The third-order valence-electron chi connectivity index (χ3n) is 2.71. The van der Waals surface area contributed by atoms with Crippen molar-refractivity contribution in [1.29, 1.82) is 0 Å². The Morgan fingerprint density at radius 1 is 1.26 bits per heavy atom. The molecule has 0 saturated carbocycles. The highest BCUT2D eigenvalue weighted by Crippen LogP contribution is 2.05. The van der Waals surface area contributed by atoms with Crippen molar-refractivity contribution >= 4 is 18.0 Å². The summed E-state index contributed by atoms with van der Waals surface area (Å²) in [6, 6.07) is -1.49. The van der Waals surface area contributed by atoms with Crippen LogP contribution >= 0.6 is 0 Å². The fourth-order valence-corrected chi connectivity index (χ4v) is 1.53. The molecule has 0 aliphatic heterocycles. The number of carbonyl (C=O) groups is 3. The molecule has 0 spiro atoms. The van der Waals surface area contributed by atoms with Crippen molar-refractivity contribution in [2.75, 3.05) is 20.7 Å². The third-order valence-corrected chi connectivity index (χ3v) is 2.71. The number of hydrogen-bond donors (Lipinski definition) is 2. The number of carboxylic acid groups (broad SMARTS) is 1. The van der Waals surface area contributed by atoms with E-state index in [2.05, 4.69) is 10.1 Å². The van der Waals surface area contributed by atoms with E-state index in [1.165, 1.54) is 19.1 Å². The average molecular weight is 274 g/mol. The van der Waals surface area contributed by atoms with Crippen LogP contribution in [0.2, 0.25) is 0 Å². The molecule has 0 saturated heterocycles. The highest BCUT2D eigenvalue weighted by Gasteiger charge is 2.26. The second kappa shape index (κ2) is 7.60. The number of amides is 2. The van der Waals surface area contributed by atoms with Gasteiger partial charge in [-0.25, -0.2) is 9.59 Å². The number of hydrogen-bond acceptors (Lipinski definition) is 4. The van der Waals surface area contributed by atoms with Crippen molar-refractivity contribution in [3.05, 3.63) is 0 Å². The van der Waals surface area contributed by atoms with Crippen molar-refractivity contribution in [3.8, 4) is 0 Å². The van der Waals surface area contributed by atoms with E-state index in [4.69, 9.17) is 5.11 Å². The topological polar surface area (TPSA) is 95.9 Å². The summed E-state index contributed by atoms with van der Waals surface area (Å²) >= 11 is 0. The molecule has 0 aromatic carbocycles. The van der Waals surface area contributed by atoms with Gasteiger partial charge in [-0.3, -0.25) is 4.79 Å². The predicted octanol–water partition coefficient (Wildman–Crippen LogP) is 0.546. The summed E-state index contributed by atoms with van der Waals surface area (Å²) in [5, 5.41) is 11.4. The Morgan fingerprint density at radius 3 is 2.16 bits per heavy atom. The quantitative estimate of drug-likeness (QED) is 0.689. The fraction of sp³-hybridized carbons (Fsp3) is 0.750. The Kier molecular flexibility index (Phi) is 6.89. The van der Waals surface area contributed by atoms with Gasteiger partial charge >= 0.3 is 18.0 Å². The van der Waals surface area contributed by atoms with Gasteiger partial charge in [-0.15, -0.1) is 0 Å². The van der Waals surface area contributed by atoms with Gasteiger partial charge in [0, 0.05) is 13.6 Å². The van der Waals surface area contributed by atoms with E-state index in [0.29, 0.717) is 0 Å². The fourth-order valence-electron chi connectivity index (χ4n) is 1.53. The Hall–Kier alpha value is -1.79. The number of ether oxygens (including phenoxy) is 1. The van der Waals surface area contributed by atoms with Crippen LogP contribution in [0.4, 0.5) is 4.79 Å². The highest BCUT2D eigenvalue weighted by molar-refractivity contribution is 5.83. The normalized spacial score (nSPS) is 13.6. The molecule has 0 aromatic rings. The van der Waals surface area contributed by atoms with E-state index in [1.54, 1.807) is 20.8 Å². The molecule has 0 aliphatic carbocycles. The monoisotopic (exact) mass is 274 g/mol. The number of carbonyl (C=O) groups excluding carboxylic acids is 2. The van der Waals surface area contributed by atoms with Gasteiger partial charge in [-0.1, -0.05) is 20.8 Å². The minimum absolute atomic E-state index is 0.156. The Bertz CT molecular complexity index is 343. The molecule has 2 amide bonds. The molecule has 7 nitrogen and oxygen atoms in total. The first-order valence-electron chi connectivity index (χ1n) is 6.03. The minimum atomic E-state index is -1.09.